The van der Waals surface area contributed by atoms with Crippen molar-refractivity contribution < 1.29 is 0 Å². The summed E-state index contributed by atoms with van der Waals surface area (Å²) in [5.74, 6) is 0. The van der Waals surface area contributed by atoms with Crippen LogP contribution in [-0.4, -0.2) is 0 Å². The maximum atomic E-state index is 5.18. The monoisotopic (exact) mass is 217 g/mol. The Morgan fingerprint density at radius 3 is 2.12 bits per heavy atom. The second-order valence-electron chi connectivity index (χ2n) is 3.46. The second-order valence-corrected chi connectivity index (χ2v) is 3.46. The summed E-state index contributed by atoms with van der Waals surface area (Å²) in [6.45, 7) is 18.8. The van der Waals surface area contributed by atoms with E-state index in [4.69, 9.17) is 6.58 Å². The first-order valence-corrected chi connectivity index (χ1v) is 5.94. The van der Waals surface area contributed by atoms with Crippen LogP contribution in [0.5, 0.6) is 0 Å². The van der Waals surface area contributed by atoms with E-state index in [1.54, 1.807) is 6.08 Å². The third kappa shape index (κ3) is 12.7. The predicted molar refractivity (Wildman–Crippen MR) is 75.3 cm³/mol. The molecule has 0 heteroatoms. The Labute approximate surface area is 102 Å². The summed E-state index contributed by atoms with van der Waals surface area (Å²) in [6.07, 6.45) is 9.95. The quantitative estimate of drug-likeness (QED) is 0.412. The molecule has 0 atom stereocenters. The van der Waals surface area contributed by atoms with Crippen LogP contribution in [0.4, 0.5) is 0 Å². The van der Waals surface area contributed by atoms with E-state index >= 15 is 0 Å². The van der Waals surface area contributed by atoms with Crippen LogP contribution < -0.4 is 0 Å². The molecule has 0 fully saturated rings. The molecule has 0 aromatic rings. The molecule has 1 radical (unpaired) electrons. The molecule has 0 spiro atoms. The molecular formula is C16H25. The molecule has 16 heavy (non-hydrogen) atoms. The Morgan fingerprint density at radius 1 is 1.25 bits per heavy atom. The summed E-state index contributed by atoms with van der Waals surface area (Å²) in [5, 5.41) is 0. The van der Waals surface area contributed by atoms with Gasteiger partial charge in [-0.15, -0.1) is 5.73 Å². The number of hydrogen-bond acceptors (Lipinski definition) is 0. The molecule has 89 valence electrons. The highest BCUT2D eigenvalue weighted by Gasteiger charge is 1.86. The van der Waals surface area contributed by atoms with Crippen LogP contribution in [0.25, 0.3) is 0 Å². The number of allylic oxidation sites excluding steroid dienone is 5. The van der Waals surface area contributed by atoms with E-state index in [1.807, 2.05) is 12.2 Å². The summed E-state index contributed by atoms with van der Waals surface area (Å²) in [5.41, 5.74) is 5.06. The average Bonchev–Trinajstić information content (AvgIpc) is 2.33. The zero-order valence-electron chi connectivity index (χ0n) is 11.1. The Morgan fingerprint density at radius 2 is 1.88 bits per heavy atom. The van der Waals surface area contributed by atoms with E-state index in [0.29, 0.717) is 0 Å². The van der Waals surface area contributed by atoms with Gasteiger partial charge in [0.25, 0.3) is 0 Å². The lowest BCUT2D eigenvalue weighted by Crippen LogP contribution is -1.75. The second kappa shape index (κ2) is 13.7. The molecule has 0 heterocycles. The van der Waals surface area contributed by atoms with Gasteiger partial charge in [-0.1, -0.05) is 64.2 Å². The molecule has 0 amide bonds. The largest absolute Gasteiger partial charge is 0.121 e. The van der Waals surface area contributed by atoms with Crippen molar-refractivity contribution in [2.24, 2.45) is 0 Å². The van der Waals surface area contributed by atoms with Gasteiger partial charge in [-0.3, -0.25) is 0 Å². The summed E-state index contributed by atoms with van der Waals surface area (Å²) >= 11 is 0. The summed E-state index contributed by atoms with van der Waals surface area (Å²) in [6, 6.07) is 0. The number of hydrogen-bond donors (Lipinski definition) is 0. The van der Waals surface area contributed by atoms with E-state index < -0.39 is 0 Å². The minimum atomic E-state index is 1.02. The molecule has 0 saturated heterocycles. The molecule has 0 rings (SSSR count). The van der Waals surface area contributed by atoms with Gasteiger partial charge in [0.15, 0.2) is 0 Å². The van der Waals surface area contributed by atoms with Crippen LogP contribution in [0, 0.1) is 6.58 Å². The molecule has 0 nitrogen and oxygen atoms in total. The molecular weight excluding hydrogens is 192 g/mol. The van der Waals surface area contributed by atoms with Crippen LogP contribution >= 0.6 is 0 Å². The molecule has 0 saturated carbocycles. The van der Waals surface area contributed by atoms with E-state index in [1.165, 1.54) is 12.0 Å². The van der Waals surface area contributed by atoms with Crippen molar-refractivity contribution in [3.8, 4) is 0 Å². The van der Waals surface area contributed by atoms with Gasteiger partial charge in [0.05, 0.1) is 0 Å². The van der Waals surface area contributed by atoms with Gasteiger partial charge < -0.3 is 0 Å². The van der Waals surface area contributed by atoms with E-state index in [-0.39, 0.29) is 0 Å². The van der Waals surface area contributed by atoms with Gasteiger partial charge in [-0.25, -0.2) is 0 Å². The molecule has 0 aliphatic heterocycles. The SMILES string of the molecule is C=C/C=C\C(=C)CC.[CH]=C=C(CC)CCC. The fourth-order valence-electron chi connectivity index (χ4n) is 0.975. The Balaban J connectivity index is 0. The molecule has 0 aromatic heterocycles. The minimum Gasteiger partial charge on any atom is -0.121 e. The fraction of sp³-hybridized carbons (Fsp3) is 0.438. The minimum absolute atomic E-state index is 1.02. The Hall–Kier alpha value is -1.26. The molecule has 0 bridgehead atoms. The maximum Gasteiger partial charge on any atom is -0.0123 e. The third-order valence-corrected chi connectivity index (χ3v) is 2.10. The molecule has 0 aliphatic rings. The molecule has 0 unspecified atom stereocenters. The lowest BCUT2D eigenvalue weighted by Gasteiger charge is -1.93. The predicted octanol–water partition coefficient (Wildman–Crippen LogP) is 5.41. The highest BCUT2D eigenvalue weighted by molar-refractivity contribution is 5.17. The highest BCUT2D eigenvalue weighted by atomic mass is 13.9. The highest BCUT2D eigenvalue weighted by Crippen LogP contribution is 2.05. The molecule has 0 aliphatic carbocycles. The van der Waals surface area contributed by atoms with Crippen molar-refractivity contribution in [1.82, 2.24) is 0 Å². The van der Waals surface area contributed by atoms with Crippen molar-refractivity contribution in [3.05, 3.63) is 54.8 Å². The van der Waals surface area contributed by atoms with Crippen LogP contribution in [0.1, 0.15) is 46.5 Å². The summed E-state index contributed by atoms with van der Waals surface area (Å²) < 4.78 is 0. The Kier molecular flexibility index (Phi) is 14.7. The van der Waals surface area contributed by atoms with Gasteiger partial charge in [0.1, 0.15) is 0 Å². The first-order chi connectivity index (χ1) is 7.65. The summed E-state index contributed by atoms with van der Waals surface area (Å²) in [7, 11) is 0. The van der Waals surface area contributed by atoms with Crippen molar-refractivity contribution in [2.75, 3.05) is 0 Å². The van der Waals surface area contributed by atoms with Crippen LogP contribution in [0.2, 0.25) is 0 Å². The van der Waals surface area contributed by atoms with Gasteiger partial charge in [-0.05, 0) is 31.4 Å². The number of rotatable bonds is 6. The topological polar surface area (TPSA) is 0 Å². The zero-order valence-corrected chi connectivity index (χ0v) is 11.1. The van der Waals surface area contributed by atoms with Gasteiger partial charge in [0.2, 0.25) is 0 Å². The van der Waals surface area contributed by atoms with Crippen molar-refractivity contribution in [1.29, 1.82) is 0 Å². The lowest BCUT2D eigenvalue weighted by molar-refractivity contribution is 0.861. The van der Waals surface area contributed by atoms with Crippen LogP contribution in [-0.2, 0) is 0 Å². The van der Waals surface area contributed by atoms with Crippen LogP contribution in [0.3, 0.4) is 0 Å². The Bertz CT molecular complexity index is 260. The standard InChI is InChI=1S/C8H12.C8H13/c1-4-6-7-8(3)5-2;1-4-7-8(5-2)6-3/h4,6-7H,1,3,5H2,2H3;2H,4,6-7H2,1,3H3/b7-6-;. The fourth-order valence-corrected chi connectivity index (χ4v) is 0.975. The lowest BCUT2D eigenvalue weighted by atomic mass is 10.1. The van der Waals surface area contributed by atoms with Crippen molar-refractivity contribution in [2.45, 2.75) is 46.5 Å². The summed E-state index contributed by atoms with van der Waals surface area (Å²) in [4.78, 5) is 0. The van der Waals surface area contributed by atoms with Crippen molar-refractivity contribution >= 4 is 0 Å². The molecule has 0 aromatic carbocycles. The molecule has 0 N–H and O–H groups in total. The normalized spacial score (nSPS) is 8.94. The smallest absolute Gasteiger partial charge is 0.0123 e. The van der Waals surface area contributed by atoms with Gasteiger partial charge in [-0.2, -0.15) is 0 Å². The average molecular weight is 217 g/mol. The van der Waals surface area contributed by atoms with Crippen molar-refractivity contribution in [3.63, 3.8) is 0 Å². The first kappa shape index (κ1) is 17.1. The van der Waals surface area contributed by atoms with Gasteiger partial charge >= 0.3 is 0 Å². The van der Waals surface area contributed by atoms with E-state index in [0.717, 1.165) is 24.8 Å². The van der Waals surface area contributed by atoms with Gasteiger partial charge in [0, 0.05) is 0 Å². The maximum absolute atomic E-state index is 5.18. The third-order valence-electron chi connectivity index (χ3n) is 2.10. The van der Waals surface area contributed by atoms with E-state index in [2.05, 4.69) is 39.7 Å². The van der Waals surface area contributed by atoms with E-state index in [9.17, 15) is 0 Å². The van der Waals surface area contributed by atoms with Crippen LogP contribution in [0.15, 0.2) is 48.3 Å². The first-order valence-electron chi connectivity index (χ1n) is 5.94. The zero-order chi connectivity index (χ0) is 12.8.